The van der Waals surface area contributed by atoms with Gasteiger partial charge in [-0.3, -0.25) is 0 Å². The fourth-order valence-electron chi connectivity index (χ4n) is 3.05. The molecule has 0 unspecified atom stereocenters. The van der Waals surface area contributed by atoms with E-state index < -0.39 is 33.4 Å². The number of benzene rings is 2. The van der Waals surface area contributed by atoms with E-state index in [4.69, 9.17) is 30.5 Å². The van der Waals surface area contributed by atoms with Gasteiger partial charge >= 0.3 is 6.16 Å². The molecule has 0 spiro atoms. The van der Waals surface area contributed by atoms with Crippen molar-refractivity contribution in [2.45, 2.75) is 31.3 Å². The monoisotopic (exact) mass is 467 g/mol. The van der Waals surface area contributed by atoms with Crippen LogP contribution in [0.1, 0.15) is 26.3 Å². The van der Waals surface area contributed by atoms with E-state index in [0.717, 1.165) is 0 Å². The molecular weight excluding hydrogens is 450 g/mol. The summed E-state index contributed by atoms with van der Waals surface area (Å²) in [6.45, 7) is 4.78. The van der Waals surface area contributed by atoms with E-state index in [1.54, 1.807) is 26.8 Å². The average Bonchev–Trinajstić information content (AvgIpc) is 3.11. The van der Waals surface area contributed by atoms with Gasteiger partial charge in [0.2, 0.25) is 6.79 Å². The first kappa shape index (κ1) is 21.1. The van der Waals surface area contributed by atoms with Crippen LogP contribution < -0.4 is 13.8 Å². The van der Waals surface area contributed by atoms with Crippen LogP contribution in [0.25, 0.3) is 5.76 Å². The van der Waals surface area contributed by atoms with Crippen LogP contribution in [0.15, 0.2) is 47.2 Å². The van der Waals surface area contributed by atoms with E-state index in [1.165, 1.54) is 30.3 Å². The Balaban J connectivity index is 1.91. The number of halogens is 1. The molecule has 0 saturated carbocycles. The molecule has 2 aromatic carbocycles. The van der Waals surface area contributed by atoms with Gasteiger partial charge < -0.3 is 24.1 Å². The van der Waals surface area contributed by atoms with Crippen molar-refractivity contribution in [2.75, 3.05) is 11.1 Å². The molecule has 0 atom stereocenters. The van der Waals surface area contributed by atoms with Crippen LogP contribution in [0.5, 0.6) is 11.5 Å². The Kier molecular flexibility index (Phi) is 4.94. The van der Waals surface area contributed by atoms with Crippen LogP contribution in [0.2, 0.25) is 5.02 Å². The first-order valence-electron chi connectivity index (χ1n) is 9.07. The Hall–Kier alpha value is -3.11. The zero-order valence-corrected chi connectivity index (χ0v) is 18.3. The highest BCUT2D eigenvalue weighted by Crippen LogP contribution is 2.46. The normalized spacial score (nSPS) is 16.7. The fraction of sp³-hybridized carbons (Fsp3) is 0.250. The summed E-state index contributed by atoms with van der Waals surface area (Å²) in [6.07, 6.45) is -1.20. The van der Waals surface area contributed by atoms with E-state index in [9.17, 15) is 18.3 Å². The zero-order chi connectivity index (χ0) is 22.6. The van der Waals surface area contributed by atoms with Gasteiger partial charge in [0.15, 0.2) is 17.3 Å². The van der Waals surface area contributed by atoms with Gasteiger partial charge in [0.25, 0.3) is 15.9 Å². The molecular formula is C20H18ClNO8S. The first-order valence-corrected chi connectivity index (χ1v) is 10.9. The van der Waals surface area contributed by atoms with Crippen molar-refractivity contribution < 1.29 is 37.3 Å². The third kappa shape index (κ3) is 3.72. The van der Waals surface area contributed by atoms with Crippen molar-refractivity contribution >= 4 is 39.2 Å². The Bertz CT molecular complexity index is 1220. The lowest BCUT2D eigenvalue weighted by molar-refractivity contribution is 0.00583. The molecule has 2 heterocycles. The Morgan fingerprint density at radius 2 is 1.81 bits per heavy atom. The highest BCUT2D eigenvalue weighted by atomic mass is 35.5. The van der Waals surface area contributed by atoms with Crippen molar-refractivity contribution in [3.8, 4) is 11.5 Å². The summed E-state index contributed by atoms with van der Waals surface area (Å²) in [5.74, 6) is -0.685. The van der Waals surface area contributed by atoms with Crippen molar-refractivity contribution in [2.24, 2.45) is 0 Å². The first-order chi connectivity index (χ1) is 14.5. The van der Waals surface area contributed by atoms with Gasteiger partial charge in [0.05, 0.1) is 15.6 Å². The Morgan fingerprint density at radius 1 is 1.16 bits per heavy atom. The molecule has 0 saturated heterocycles. The van der Waals surface area contributed by atoms with Crippen molar-refractivity contribution in [1.29, 1.82) is 0 Å². The number of hydrogen-bond donors (Lipinski definition) is 1. The Morgan fingerprint density at radius 3 is 2.48 bits per heavy atom. The van der Waals surface area contributed by atoms with Crippen LogP contribution in [-0.2, 0) is 19.5 Å². The predicted octanol–water partition coefficient (Wildman–Crippen LogP) is 4.41. The van der Waals surface area contributed by atoms with Gasteiger partial charge in [-0.2, -0.15) is 4.31 Å². The number of hydrogen-bond acceptors (Lipinski definition) is 8. The van der Waals surface area contributed by atoms with Crippen LogP contribution >= 0.6 is 11.6 Å². The molecule has 0 amide bonds. The summed E-state index contributed by atoms with van der Waals surface area (Å²) in [7, 11) is -4.35. The van der Waals surface area contributed by atoms with Crippen LogP contribution in [0, 0.1) is 0 Å². The zero-order valence-electron chi connectivity index (χ0n) is 16.7. The van der Waals surface area contributed by atoms with Gasteiger partial charge in [-0.1, -0.05) is 23.7 Å². The van der Waals surface area contributed by atoms with E-state index in [0.29, 0.717) is 10.1 Å². The molecule has 0 aliphatic carbocycles. The minimum atomic E-state index is -4.35. The smallest absolute Gasteiger partial charge is 0.503 e. The predicted molar refractivity (Wildman–Crippen MR) is 111 cm³/mol. The number of carbonyl (C=O) groups is 1. The molecule has 2 aromatic rings. The summed E-state index contributed by atoms with van der Waals surface area (Å²) >= 11 is 6.33. The third-order valence-corrected chi connectivity index (χ3v) is 6.34. The SMILES string of the molecule is CC(C)(C)OC(=O)OC1=C(O)c2ccccc2S(=O)(=O)N1c1cc2c(cc1Cl)OCO2. The van der Waals surface area contributed by atoms with E-state index >= 15 is 0 Å². The number of aliphatic hydroxyl groups is 1. The molecule has 0 aromatic heterocycles. The molecule has 2 aliphatic rings. The average molecular weight is 468 g/mol. The second-order valence-corrected chi connectivity index (χ2v) is 9.81. The van der Waals surface area contributed by atoms with Gasteiger partial charge in [-0.25, -0.2) is 13.2 Å². The van der Waals surface area contributed by atoms with Crippen molar-refractivity contribution in [3.05, 3.63) is 52.9 Å². The standard InChI is InChI=1S/C20H18ClNO8S/c1-20(2,3)30-19(24)29-18-17(23)11-6-4-5-7-16(11)31(25,26)22(18)13-9-15-14(8-12(13)21)27-10-28-15/h4-9,23H,10H2,1-3H3. The maximum absolute atomic E-state index is 13.5. The summed E-state index contributed by atoms with van der Waals surface area (Å²) < 4.78 is 48.5. The van der Waals surface area contributed by atoms with Crippen molar-refractivity contribution in [3.63, 3.8) is 0 Å². The molecule has 0 radical (unpaired) electrons. The van der Waals surface area contributed by atoms with Crippen molar-refractivity contribution in [1.82, 2.24) is 0 Å². The number of fused-ring (bicyclic) bond motifs is 2. The lowest BCUT2D eigenvalue weighted by Gasteiger charge is -2.31. The van der Waals surface area contributed by atoms with Crippen LogP contribution in [-0.4, -0.2) is 32.1 Å². The third-order valence-electron chi connectivity index (χ3n) is 4.28. The van der Waals surface area contributed by atoms with Gasteiger partial charge in [0, 0.05) is 17.7 Å². The molecule has 11 heteroatoms. The van der Waals surface area contributed by atoms with Crippen LogP contribution in [0.3, 0.4) is 0 Å². The van der Waals surface area contributed by atoms with Gasteiger partial charge in [-0.05, 0) is 32.9 Å². The molecule has 4 rings (SSSR count). The largest absolute Gasteiger partial charge is 0.515 e. The van der Waals surface area contributed by atoms with Gasteiger partial charge in [0.1, 0.15) is 5.60 Å². The summed E-state index contributed by atoms with van der Waals surface area (Å²) in [5, 5.41) is 10.8. The fourth-order valence-corrected chi connectivity index (χ4v) is 4.98. The summed E-state index contributed by atoms with van der Waals surface area (Å²) in [5.41, 5.74) is -1.06. The maximum atomic E-state index is 13.5. The van der Waals surface area contributed by atoms with E-state index in [2.05, 4.69) is 0 Å². The molecule has 31 heavy (non-hydrogen) atoms. The molecule has 2 aliphatic heterocycles. The summed E-state index contributed by atoms with van der Waals surface area (Å²) in [6, 6.07) is 8.44. The molecule has 0 bridgehead atoms. The lowest BCUT2D eigenvalue weighted by Crippen LogP contribution is -2.38. The maximum Gasteiger partial charge on any atom is 0.515 e. The highest BCUT2D eigenvalue weighted by molar-refractivity contribution is 7.93. The number of rotatable bonds is 2. The van der Waals surface area contributed by atoms with Gasteiger partial charge in [-0.15, -0.1) is 0 Å². The minimum Gasteiger partial charge on any atom is -0.503 e. The lowest BCUT2D eigenvalue weighted by atomic mass is 10.2. The summed E-state index contributed by atoms with van der Waals surface area (Å²) in [4.78, 5) is 12.2. The van der Waals surface area contributed by atoms with E-state index in [1.807, 2.05) is 0 Å². The minimum absolute atomic E-state index is 0.0332. The topological polar surface area (TPSA) is 112 Å². The number of ether oxygens (including phenoxy) is 4. The molecule has 9 nitrogen and oxygen atoms in total. The number of anilines is 1. The Labute approximate surface area is 183 Å². The van der Waals surface area contributed by atoms with Crippen LogP contribution in [0.4, 0.5) is 10.5 Å². The quantitative estimate of drug-likeness (QED) is 0.646. The molecule has 0 fully saturated rings. The number of aliphatic hydroxyl groups excluding tert-OH is 1. The highest BCUT2D eigenvalue weighted by Gasteiger charge is 2.42. The second-order valence-electron chi connectivity index (χ2n) is 7.64. The van der Waals surface area contributed by atoms with E-state index in [-0.39, 0.29) is 33.7 Å². The molecule has 1 N–H and O–H groups in total. The number of sulfonamides is 1. The second kappa shape index (κ2) is 7.24. The number of carbonyl (C=O) groups excluding carboxylic acids is 1. The molecule has 164 valence electrons. The number of nitrogens with zero attached hydrogens (tertiary/aromatic N) is 1.